The first-order valence-corrected chi connectivity index (χ1v) is 5.07. The number of hydrogen-bond acceptors (Lipinski definition) is 3. The van der Waals surface area contributed by atoms with Crippen molar-refractivity contribution >= 4 is 17.5 Å². The van der Waals surface area contributed by atoms with E-state index in [1.165, 1.54) is 11.0 Å². The molecule has 0 bridgehead atoms. The molecule has 0 radical (unpaired) electrons. The number of nitrogens with two attached hydrogens (primary N) is 1. The van der Waals surface area contributed by atoms with E-state index in [2.05, 4.69) is 0 Å². The maximum absolute atomic E-state index is 12.8. The molecule has 2 rings (SSSR count). The van der Waals surface area contributed by atoms with Crippen LogP contribution in [0, 0.1) is 11.7 Å². The van der Waals surface area contributed by atoms with Gasteiger partial charge >= 0.3 is 0 Å². The molecule has 3 N–H and O–H groups in total. The first-order valence-electron chi connectivity index (χ1n) is 5.07. The summed E-state index contributed by atoms with van der Waals surface area (Å²) in [5, 5.41) is 9.54. The Morgan fingerprint density at radius 1 is 1.53 bits per heavy atom. The molecule has 90 valence electrons. The van der Waals surface area contributed by atoms with Crippen LogP contribution in [0.1, 0.15) is 6.42 Å². The van der Waals surface area contributed by atoms with E-state index >= 15 is 0 Å². The smallest absolute Gasteiger partial charge is 0.227 e. The summed E-state index contributed by atoms with van der Waals surface area (Å²) in [6.45, 7) is 0.118. The van der Waals surface area contributed by atoms with Crippen molar-refractivity contribution in [2.24, 2.45) is 11.7 Å². The SMILES string of the molecule is NC(=O)C1CC(=O)N(c2ccc(F)cc2O)C1. The van der Waals surface area contributed by atoms with E-state index < -0.39 is 17.6 Å². The highest BCUT2D eigenvalue weighted by molar-refractivity contribution is 6.00. The summed E-state index contributed by atoms with van der Waals surface area (Å²) in [6.07, 6.45) is 0.0200. The van der Waals surface area contributed by atoms with Gasteiger partial charge in [0.1, 0.15) is 11.6 Å². The quantitative estimate of drug-likeness (QED) is 0.780. The molecular formula is C11H11FN2O3. The highest BCUT2D eigenvalue weighted by Crippen LogP contribution is 2.32. The molecule has 6 heteroatoms. The van der Waals surface area contributed by atoms with Gasteiger partial charge in [-0.3, -0.25) is 9.59 Å². The number of aromatic hydroxyl groups is 1. The highest BCUT2D eigenvalue weighted by atomic mass is 19.1. The van der Waals surface area contributed by atoms with Crippen LogP contribution in [0.3, 0.4) is 0 Å². The lowest BCUT2D eigenvalue weighted by Crippen LogP contribution is -2.28. The van der Waals surface area contributed by atoms with Gasteiger partial charge in [0.2, 0.25) is 11.8 Å². The zero-order valence-electron chi connectivity index (χ0n) is 8.89. The predicted octanol–water partition coefficient (Wildman–Crippen LogP) is 0.369. The topological polar surface area (TPSA) is 83.6 Å². The van der Waals surface area contributed by atoms with E-state index in [9.17, 15) is 19.1 Å². The third-order valence-corrected chi connectivity index (χ3v) is 2.76. The van der Waals surface area contributed by atoms with Gasteiger partial charge in [0, 0.05) is 19.0 Å². The van der Waals surface area contributed by atoms with Gasteiger partial charge in [-0.15, -0.1) is 0 Å². The summed E-state index contributed by atoms with van der Waals surface area (Å²) in [6, 6.07) is 3.35. The van der Waals surface area contributed by atoms with Gasteiger partial charge in [0.15, 0.2) is 0 Å². The summed E-state index contributed by atoms with van der Waals surface area (Å²) < 4.78 is 12.8. The lowest BCUT2D eigenvalue weighted by molar-refractivity contribution is -0.123. The van der Waals surface area contributed by atoms with E-state index in [0.29, 0.717) is 0 Å². The number of phenols is 1. The average molecular weight is 238 g/mol. The maximum Gasteiger partial charge on any atom is 0.227 e. The van der Waals surface area contributed by atoms with E-state index in [-0.39, 0.29) is 30.3 Å². The van der Waals surface area contributed by atoms with E-state index in [0.717, 1.165) is 12.1 Å². The van der Waals surface area contributed by atoms with Gasteiger partial charge in [0.25, 0.3) is 0 Å². The molecule has 1 unspecified atom stereocenters. The standard InChI is InChI=1S/C11H11FN2O3/c12-7-1-2-8(9(15)4-7)14-5-6(11(13)17)3-10(14)16/h1-2,4,6,15H,3,5H2,(H2,13,17). The first kappa shape index (κ1) is 11.4. The second-order valence-corrected chi connectivity index (χ2v) is 3.94. The van der Waals surface area contributed by atoms with Crippen molar-refractivity contribution in [3.05, 3.63) is 24.0 Å². The van der Waals surface area contributed by atoms with Crippen LogP contribution in [-0.2, 0) is 9.59 Å². The van der Waals surface area contributed by atoms with Crippen LogP contribution in [0.4, 0.5) is 10.1 Å². The zero-order chi connectivity index (χ0) is 12.6. The van der Waals surface area contributed by atoms with Crippen molar-refractivity contribution in [2.45, 2.75) is 6.42 Å². The molecular weight excluding hydrogens is 227 g/mol. The summed E-state index contributed by atoms with van der Waals surface area (Å²) in [4.78, 5) is 23.9. The third kappa shape index (κ3) is 2.06. The van der Waals surface area contributed by atoms with Gasteiger partial charge in [-0.25, -0.2) is 4.39 Å². The molecule has 1 aromatic carbocycles. The number of carbonyl (C=O) groups is 2. The Hall–Kier alpha value is -2.11. The average Bonchev–Trinajstić information content (AvgIpc) is 2.61. The number of primary amides is 1. The van der Waals surface area contributed by atoms with Crippen molar-refractivity contribution in [2.75, 3.05) is 11.4 Å². The fraction of sp³-hybridized carbons (Fsp3) is 0.273. The molecule has 2 amide bonds. The van der Waals surface area contributed by atoms with Crippen LogP contribution in [-0.4, -0.2) is 23.5 Å². The summed E-state index contributed by atoms with van der Waals surface area (Å²) in [5.41, 5.74) is 5.32. The predicted molar refractivity (Wildman–Crippen MR) is 57.7 cm³/mol. The molecule has 1 aliphatic rings. The Labute approximate surface area is 96.6 Å². The Balaban J connectivity index is 2.29. The monoisotopic (exact) mass is 238 g/mol. The van der Waals surface area contributed by atoms with E-state index in [4.69, 9.17) is 5.73 Å². The zero-order valence-corrected chi connectivity index (χ0v) is 8.89. The number of benzene rings is 1. The summed E-state index contributed by atoms with van der Waals surface area (Å²) >= 11 is 0. The van der Waals surface area contributed by atoms with Crippen LogP contribution in [0.2, 0.25) is 0 Å². The Bertz CT molecular complexity index is 490. The van der Waals surface area contributed by atoms with Crippen LogP contribution in [0.5, 0.6) is 5.75 Å². The van der Waals surface area contributed by atoms with Crippen LogP contribution >= 0.6 is 0 Å². The van der Waals surface area contributed by atoms with Crippen molar-refractivity contribution in [1.82, 2.24) is 0 Å². The molecule has 1 heterocycles. The molecule has 5 nitrogen and oxygen atoms in total. The number of anilines is 1. The first-order chi connectivity index (χ1) is 7.99. The number of nitrogens with zero attached hydrogens (tertiary/aromatic N) is 1. The van der Waals surface area contributed by atoms with Crippen molar-refractivity contribution in [3.63, 3.8) is 0 Å². The number of amides is 2. The van der Waals surface area contributed by atoms with Gasteiger partial charge in [-0.05, 0) is 12.1 Å². The molecule has 1 aromatic rings. The van der Waals surface area contributed by atoms with E-state index in [1.54, 1.807) is 0 Å². The number of rotatable bonds is 2. The van der Waals surface area contributed by atoms with Crippen molar-refractivity contribution in [1.29, 1.82) is 0 Å². The molecule has 1 atom stereocenters. The lowest BCUT2D eigenvalue weighted by Gasteiger charge is -2.17. The fourth-order valence-electron chi connectivity index (χ4n) is 1.86. The number of phenolic OH excluding ortho intramolecular Hbond substituents is 1. The van der Waals surface area contributed by atoms with Gasteiger partial charge in [-0.1, -0.05) is 0 Å². The normalized spacial score (nSPS) is 19.7. The Morgan fingerprint density at radius 2 is 2.24 bits per heavy atom. The lowest BCUT2D eigenvalue weighted by atomic mass is 10.1. The van der Waals surface area contributed by atoms with Crippen LogP contribution < -0.4 is 10.6 Å². The maximum atomic E-state index is 12.8. The number of hydrogen-bond donors (Lipinski definition) is 2. The minimum atomic E-state index is -0.593. The number of halogens is 1. The van der Waals surface area contributed by atoms with Gasteiger partial charge in [-0.2, -0.15) is 0 Å². The minimum Gasteiger partial charge on any atom is -0.506 e. The third-order valence-electron chi connectivity index (χ3n) is 2.76. The molecule has 0 aromatic heterocycles. The van der Waals surface area contributed by atoms with E-state index in [1.807, 2.05) is 0 Å². The van der Waals surface area contributed by atoms with Crippen molar-refractivity contribution in [3.8, 4) is 5.75 Å². The molecule has 0 aliphatic carbocycles. The Morgan fingerprint density at radius 3 is 2.76 bits per heavy atom. The fourth-order valence-corrected chi connectivity index (χ4v) is 1.86. The second kappa shape index (κ2) is 4.04. The summed E-state index contributed by atoms with van der Waals surface area (Å²) in [5.74, 6) is -2.35. The molecule has 17 heavy (non-hydrogen) atoms. The van der Waals surface area contributed by atoms with Gasteiger partial charge in [0.05, 0.1) is 11.6 Å². The molecule has 0 saturated carbocycles. The molecule has 0 spiro atoms. The van der Waals surface area contributed by atoms with Crippen LogP contribution in [0.25, 0.3) is 0 Å². The number of carbonyl (C=O) groups excluding carboxylic acids is 2. The Kier molecular flexibility index (Phi) is 2.71. The van der Waals surface area contributed by atoms with Crippen LogP contribution in [0.15, 0.2) is 18.2 Å². The van der Waals surface area contributed by atoms with Gasteiger partial charge < -0.3 is 15.7 Å². The summed E-state index contributed by atoms with van der Waals surface area (Å²) in [7, 11) is 0. The molecule has 1 aliphatic heterocycles. The second-order valence-electron chi connectivity index (χ2n) is 3.94. The largest absolute Gasteiger partial charge is 0.506 e. The highest BCUT2D eigenvalue weighted by Gasteiger charge is 2.34. The van der Waals surface area contributed by atoms with Crippen molar-refractivity contribution < 1.29 is 19.1 Å². The molecule has 1 fully saturated rings. The minimum absolute atomic E-state index is 0.0200. The molecule has 1 saturated heterocycles.